The Hall–Kier alpha value is -3.88. The van der Waals surface area contributed by atoms with Gasteiger partial charge in [-0.3, -0.25) is 4.79 Å². The van der Waals surface area contributed by atoms with Gasteiger partial charge in [-0.25, -0.2) is 14.8 Å². The first-order chi connectivity index (χ1) is 14.5. The van der Waals surface area contributed by atoms with Crippen molar-refractivity contribution in [3.8, 4) is 22.5 Å². The summed E-state index contributed by atoms with van der Waals surface area (Å²) in [4.78, 5) is 15.4. The monoisotopic (exact) mass is 403 g/mol. The van der Waals surface area contributed by atoms with Gasteiger partial charge in [0.2, 0.25) is 0 Å². The molecular formula is C21H21N7O2. The fourth-order valence-electron chi connectivity index (χ4n) is 3.33. The molecule has 0 spiro atoms. The highest BCUT2D eigenvalue weighted by atomic mass is 16.4. The molecule has 0 fully saturated rings. The molecule has 0 saturated carbocycles. The van der Waals surface area contributed by atoms with E-state index in [0.717, 1.165) is 28.1 Å². The molecule has 0 aliphatic rings. The first kappa shape index (κ1) is 19.4. The van der Waals surface area contributed by atoms with Crippen LogP contribution in [0, 0.1) is 0 Å². The predicted octanol–water partition coefficient (Wildman–Crippen LogP) is 2.92. The second-order valence-corrected chi connectivity index (χ2v) is 7.26. The Morgan fingerprint density at radius 2 is 1.83 bits per heavy atom. The number of aromatic nitrogens is 7. The van der Waals surface area contributed by atoms with Crippen molar-refractivity contribution in [2.24, 2.45) is 0 Å². The molecule has 0 aliphatic heterocycles. The summed E-state index contributed by atoms with van der Waals surface area (Å²) in [7, 11) is 0. The van der Waals surface area contributed by atoms with Gasteiger partial charge in [-0.05, 0) is 27.1 Å². The van der Waals surface area contributed by atoms with Crippen LogP contribution in [-0.2, 0) is 17.8 Å². The molecule has 2 N–H and O–H groups in total. The van der Waals surface area contributed by atoms with Gasteiger partial charge in [0.05, 0.1) is 6.54 Å². The molecule has 152 valence electrons. The highest BCUT2D eigenvalue weighted by Crippen LogP contribution is 2.29. The van der Waals surface area contributed by atoms with Gasteiger partial charge in [0.25, 0.3) is 0 Å². The van der Waals surface area contributed by atoms with E-state index in [9.17, 15) is 4.79 Å². The van der Waals surface area contributed by atoms with Crippen LogP contribution in [0.2, 0.25) is 0 Å². The Bertz CT molecular complexity index is 1150. The van der Waals surface area contributed by atoms with E-state index in [1.54, 1.807) is 4.68 Å². The normalized spacial score (nSPS) is 11.2. The van der Waals surface area contributed by atoms with E-state index < -0.39 is 5.97 Å². The van der Waals surface area contributed by atoms with Gasteiger partial charge < -0.3 is 5.11 Å². The van der Waals surface area contributed by atoms with Crippen LogP contribution >= 0.6 is 0 Å². The summed E-state index contributed by atoms with van der Waals surface area (Å²) in [6.45, 7) is 4.56. The lowest BCUT2D eigenvalue weighted by Gasteiger charge is -2.10. The molecule has 0 amide bonds. The summed E-state index contributed by atoms with van der Waals surface area (Å²) in [5.74, 6) is 0.926. The molecule has 9 nitrogen and oxygen atoms in total. The topological polar surface area (TPSA) is 122 Å². The number of tetrazole rings is 1. The van der Waals surface area contributed by atoms with E-state index in [1.165, 1.54) is 0 Å². The van der Waals surface area contributed by atoms with Crippen molar-refractivity contribution in [1.82, 2.24) is 35.4 Å². The van der Waals surface area contributed by atoms with Gasteiger partial charge in [0.1, 0.15) is 12.2 Å². The van der Waals surface area contributed by atoms with Gasteiger partial charge >= 0.3 is 5.97 Å². The Morgan fingerprint density at radius 1 is 1.10 bits per heavy atom. The van der Waals surface area contributed by atoms with Crippen LogP contribution < -0.4 is 0 Å². The summed E-state index contributed by atoms with van der Waals surface area (Å²) in [6, 6.07) is 16.1. The third kappa shape index (κ3) is 4.09. The zero-order valence-corrected chi connectivity index (χ0v) is 16.6. The number of carboxylic acid groups (broad SMARTS) is 1. The fourth-order valence-corrected chi connectivity index (χ4v) is 3.33. The summed E-state index contributed by atoms with van der Waals surface area (Å²) in [5, 5.41) is 27.6. The van der Waals surface area contributed by atoms with Gasteiger partial charge in [-0.15, -0.1) is 5.10 Å². The van der Waals surface area contributed by atoms with Crippen LogP contribution in [0.3, 0.4) is 0 Å². The van der Waals surface area contributed by atoms with E-state index in [-0.39, 0.29) is 12.3 Å². The second kappa shape index (κ2) is 8.24. The van der Waals surface area contributed by atoms with Crippen LogP contribution in [0.25, 0.3) is 22.5 Å². The van der Waals surface area contributed by atoms with E-state index in [2.05, 4.69) is 30.7 Å². The fraction of sp³-hybridized carbons (Fsp3) is 0.238. The molecule has 4 rings (SSSR count). The minimum absolute atomic E-state index is 0.140. The Kier molecular flexibility index (Phi) is 5.34. The smallest absolute Gasteiger partial charge is 0.311 e. The van der Waals surface area contributed by atoms with E-state index >= 15 is 0 Å². The van der Waals surface area contributed by atoms with Crippen molar-refractivity contribution in [1.29, 1.82) is 0 Å². The summed E-state index contributed by atoms with van der Waals surface area (Å²) in [5.41, 5.74) is 4.04. The van der Waals surface area contributed by atoms with Gasteiger partial charge in [0.15, 0.2) is 11.6 Å². The number of H-pyrrole nitrogens is 1. The first-order valence-corrected chi connectivity index (χ1v) is 9.59. The lowest BCUT2D eigenvalue weighted by Crippen LogP contribution is -2.08. The molecule has 0 saturated heterocycles. The number of carboxylic acids is 1. The molecule has 0 bridgehead atoms. The van der Waals surface area contributed by atoms with Crippen molar-refractivity contribution in [3.05, 3.63) is 65.7 Å². The Labute approximate surface area is 172 Å². The van der Waals surface area contributed by atoms with E-state index in [0.29, 0.717) is 18.2 Å². The van der Waals surface area contributed by atoms with E-state index in [1.807, 2.05) is 62.4 Å². The molecule has 9 heteroatoms. The molecule has 2 aromatic carbocycles. The summed E-state index contributed by atoms with van der Waals surface area (Å²) in [6.07, 6.45) is -0.182. The maximum Gasteiger partial charge on any atom is 0.311 e. The summed E-state index contributed by atoms with van der Waals surface area (Å²) >= 11 is 0. The van der Waals surface area contributed by atoms with Gasteiger partial charge in [-0.2, -0.15) is 5.10 Å². The van der Waals surface area contributed by atoms with Crippen molar-refractivity contribution >= 4 is 5.97 Å². The van der Waals surface area contributed by atoms with Crippen LogP contribution in [0.5, 0.6) is 0 Å². The highest BCUT2D eigenvalue weighted by molar-refractivity contribution is 5.80. The molecule has 4 aromatic rings. The molecule has 0 atom stereocenters. The minimum Gasteiger partial charge on any atom is -0.481 e. The van der Waals surface area contributed by atoms with Gasteiger partial charge in [-0.1, -0.05) is 62.4 Å². The molecule has 30 heavy (non-hydrogen) atoms. The Morgan fingerprint density at radius 3 is 2.47 bits per heavy atom. The number of aliphatic carboxylic acids is 1. The molecule has 0 unspecified atom stereocenters. The van der Waals surface area contributed by atoms with Crippen LogP contribution in [-0.4, -0.2) is 46.5 Å². The van der Waals surface area contributed by atoms with Crippen LogP contribution in [0.15, 0.2) is 48.5 Å². The predicted molar refractivity (Wildman–Crippen MR) is 110 cm³/mol. The average molecular weight is 403 g/mol. The van der Waals surface area contributed by atoms with Crippen LogP contribution in [0.1, 0.15) is 37.0 Å². The lowest BCUT2D eigenvalue weighted by molar-refractivity contribution is -0.136. The van der Waals surface area contributed by atoms with Crippen LogP contribution in [0.4, 0.5) is 0 Å². The van der Waals surface area contributed by atoms with Gasteiger partial charge in [0, 0.05) is 11.5 Å². The average Bonchev–Trinajstić information content (AvgIpc) is 3.38. The molecule has 0 radical (unpaired) electrons. The molecule has 2 heterocycles. The van der Waals surface area contributed by atoms with Crippen molar-refractivity contribution < 1.29 is 9.90 Å². The third-order valence-corrected chi connectivity index (χ3v) is 4.69. The Balaban J connectivity index is 1.60. The van der Waals surface area contributed by atoms with E-state index in [4.69, 9.17) is 5.11 Å². The number of hydrogen-bond donors (Lipinski definition) is 2. The summed E-state index contributed by atoms with van der Waals surface area (Å²) < 4.78 is 1.78. The largest absolute Gasteiger partial charge is 0.481 e. The quantitative estimate of drug-likeness (QED) is 0.486. The third-order valence-electron chi connectivity index (χ3n) is 4.69. The highest BCUT2D eigenvalue weighted by Gasteiger charge is 2.16. The number of nitrogens with zero attached hydrogens (tertiary/aromatic N) is 6. The number of benzene rings is 2. The first-order valence-electron chi connectivity index (χ1n) is 9.59. The number of aromatic amines is 1. The maximum absolute atomic E-state index is 11.0. The number of hydrogen-bond acceptors (Lipinski definition) is 6. The number of carbonyl (C=O) groups is 1. The standard InChI is InChI=1S/C21H21N7O2/c1-13(2)21-22-18(11-19(29)30)25-28(21)12-14-7-9-15(10-8-14)16-5-3-4-6-17(16)20-23-26-27-24-20/h3-10,13H,11-12H2,1-2H3,(H,29,30)(H,23,24,26,27). The SMILES string of the molecule is CC(C)c1nc(CC(=O)O)nn1Cc1ccc(-c2ccccc2-c2nnn[nH]2)cc1. The number of nitrogens with one attached hydrogen (secondary N) is 1. The second-order valence-electron chi connectivity index (χ2n) is 7.26. The zero-order valence-electron chi connectivity index (χ0n) is 16.6. The molecule has 0 aliphatic carbocycles. The molecular weight excluding hydrogens is 382 g/mol. The molecule has 2 aromatic heterocycles. The zero-order chi connectivity index (χ0) is 21.1. The van der Waals surface area contributed by atoms with Crippen molar-refractivity contribution in [2.45, 2.75) is 32.7 Å². The van der Waals surface area contributed by atoms with Crippen molar-refractivity contribution in [2.75, 3.05) is 0 Å². The minimum atomic E-state index is -0.938. The number of rotatable bonds is 7. The lowest BCUT2D eigenvalue weighted by atomic mass is 9.98. The van der Waals surface area contributed by atoms with Crippen molar-refractivity contribution in [3.63, 3.8) is 0 Å². The maximum atomic E-state index is 11.0.